The van der Waals surface area contributed by atoms with Crippen LogP contribution in [0.4, 0.5) is 0 Å². The lowest BCUT2D eigenvalue weighted by molar-refractivity contribution is 0.0737. The molecule has 0 aliphatic carbocycles. The van der Waals surface area contributed by atoms with Gasteiger partial charge in [-0.3, -0.25) is 0 Å². The minimum Gasteiger partial charge on any atom is -0.497 e. The van der Waals surface area contributed by atoms with E-state index >= 15 is 0 Å². The highest BCUT2D eigenvalue weighted by molar-refractivity contribution is 5.35. The van der Waals surface area contributed by atoms with Crippen molar-refractivity contribution in [2.75, 3.05) is 26.8 Å². The molecular weight excluding hydrogens is 370 g/mol. The van der Waals surface area contributed by atoms with Crippen molar-refractivity contribution in [1.29, 1.82) is 0 Å². The average Bonchev–Trinajstić information content (AvgIpc) is 3.30. The highest BCUT2D eigenvalue weighted by Crippen LogP contribution is 2.37. The summed E-state index contributed by atoms with van der Waals surface area (Å²) >= 11 is 0. The van der Waals surface area contributed by atoms with Crippen LogP contribution in [-0.4, -0.2) is 26.8 Å². The van der Waals surface area contributed by atoms with Crippen molar-refractivity contribution in [2.45, 2.75) is 30.8 Å². The molecule has 1 unspecified atom stereocenters. The van der Waals surface area contributed by atoms with Gasteiger partial charge in [-0.1, -0.05) is 72.8 Å². The number of ether oxygens (including phenoxy) is 2. The summed E-state index contributed by atoms with van der Waals surface area (Å²) in [7, 11) is 1.74. The third-order valence-corrected chi connectivity index (χ3v) is 6.21. The number of rotatable bonds is 9. The zero-order valence-electron chi connectivity index (χ0n) is 17.7. The Hall–Kier alpha value is -2.62. The molecule has 0 aromatic heterocycles. The summed E-state index contributed by atoms with van der Waals surface area (Å²) in [4.78, 5) is 0. The Morgan fingerprint density at radius 2 is 1.60 bits per heavy atom. The lowest BCUT2D eigenvalue weighted by Gasteiger charge is -2.30. The Labute approximate surface area is 180 Å². The van der Waals surface area contributed by atoms with Crippen molar-refractivity contribution in [3.8, 4) is 5.75 Å². The number of nitrogens with one attached hydrogen (secondary N) is 1. The fraction of sp³-hybridized carbons (Fsp3) is 0.333. The zero-order valence-corrected chi connectivity index (χ0v) is 17.7. The molecule has 1 aliphatic rings. The van der Waals surface area contributed by atoms with Crippen molar-refractivity contribution in [3.05, 3.63) is 102 Å². The molecular formula is C27H31NO2. The highest BCUT2D eigenvalue weighted by atomic mass is 16.5. The summed E-state index contributed by atoms with van der Waals surface area (Å²) in [5, 5.41) is 3.57. The van der Waals surface area contributed by atoms with Crippen LogP contribution < -0.4 is 10.1 Å². The summed E-state index contributed by atoms with van der Waals surface area (Å²) in [6.45, 7) is 2.82. The van der Waals surface area contributed by atoms with Crippen molar-refractivity contribution in [2.24, 2.45) is 0 Å². The Morgan fingerprint density at radius 3 is 2.20 bits per heavy atom. The van der Waals surface area contributed by atoms with E-state index in [1.807, 2.05) is 6.07 Å². The smallest absolute Gasteiger partial charge is 0.119 e. The fourth-order valence-electron chi connectivity index (χ4n) is 4.55. The Morgan fingerprint density at radius 1 is 0.900 bits per heavy atom. The molecule has 3 aromatic carbocycles. The van der Waals surface area contributed by atoms with Gasteiger partial charge in [-0.05, 0) is 54.6 Å². The number of hydrogen-bond donors (Lipinski definition) is 1. The van der Waals surface area contributed by atoms with Crippen LogP contribution in [0.25, 0.3) is 0 Å². The first-order valence-electron chi connectivity index (χ1n) is 10.9. The highest BCUT2D eigenvalue weighted by Gasteiger charge is 2.35. The zero-order chi connectivity index (χ0) is 20.7. The van der Waals surface area contributed by atoms with E-state index in [4.69, 9.17) is 9.47 Å². The van der Waals surface area contributed by atoms with Crippen LogP contribution in [0.5, 0.6) is 5.75 Å². The van der Waals surface area contributed by atoms with Gasteiger partial charge in [0, 0.05) is 18.6 Å². The molecule has 0 saturated carbocycles. The number of benzene rings is 3. The summed E-state index contributed by atoms with van der Waals surface area (Å²) in [6, 6.07) is 29.6. The van der Waals surface area contributed by atoms with Gasteiger partial charge in [-0.15, -0.1) is 0 Å². The predicted molar refractivity (Wildman–Crippen MR) is 122 cm³/mol. The van der Waals surface area contributed by atoms with Crippen LogP contribution in [0.15, 0.2) is 84.9 Å². The Kier molecular flexibility index (Phi) is 6.83. The van der Waals surface area contributed by atoms with Crippen LogP contribution in [0, 0.1) is 0 Å². The molecule has 4 rings (SSSR count). The normalized spacial score (nSPS) is 18.6. The van der Waals surface area contributed by atoms with Gasteiger partial charge in [0.05, 0.1) is 7.11 Å². The lowest BCUT2D eigenvalue weighted by atomic mass is 9.76. The van der Waals surface area contributed by atoms with E-state index in [0.29, 0.717) is 0 Å². The summed E-state index contributed by atoms with van der Waals surface area (Å²) in [5.74, 6) is 0.934. The maximum atomic E-state index is 6.45. The van der Waals surface area contributed by atoms with E-state index < -0.39 is 0 Å². The molecule has 1 fully saturated rings. The molecule has 3 nitrogen and oxygen atoms in total. The Balaban J connectivity index is 1.44. The number of hydrogen-bond acceptors (Lipinski definition) is 3. The standard InChI is InChI=1S/C27H31NO2/c1-29-25-15-8-14-24(20-25)27(17-18-28-21-27)16-9-19-30-26(22-10-4-2-5-11-22)23-12-6-3-7-13-23/h2-8,10-15,20,26,28H,9,16-19,21H2,1H3. The van der Waals surface area contributed by atoms with Gasteiger partial charge < -0.3 is 14.8 Å². The molecule has 1 heterocycles. The minimum absolute atomic E-state index is 0.0260. The molecule has 3 aromatic rings. The van der Waals surface area contributed by atoms with Gasteiger partial charge in [0.2, 0.25) is 0 Å². The van der Waals surface area contributed by atoms with E-state index in [9.17, 15) is 0 Å². The van der Waals surface area contributed by atoms with E-state index in [2.05, 4.69) is 84.2 Å². The first-order chi connectivity index (χ1) is 14.8. The third-order valence-electron chi connectivity index (χ3n) is 6.21. The van der Waals surface area contributed by atoms with Crippen LogP contribution in [0.2, 0.25) is 0 Å². The maximum absolute atomic E-state index is 6.45. The SMILES string of the molecule is COc1cccc(C2(CCCOC(c3ccccc3)c3ccccc3)CCNC2)c1. The molecule has 30 heavy (non-hydrogen) atoms. The quantitative estimate of drug-likeness (QED) is 0.479. The van der Waals surface area contributed by atoms with Crippen LogP contribution in [0.3, 0.4) is 0 Å². The Bertz CT molecular complexity index is 865. The summed E-state index contributed by atoms with van der Waals surface area (Å²) in [6.07, 6.45) is 3.25. The van der Waals surface area contributed by atoms with Crippen LogP contribution in [-0.2, 0) is 10.2 Å². The monoisotopic (exact) mass is 401 g/mol. The van der Waals surface area contributed by atoms with Gasteiger partial charge >= 0.3 is 0 Å². The molecule has 0 spiro atoms. The van der Waals surface area contributed by atoms with Gasteiger partial charge in [-0.2, -0.15) is 0 Å². The fourth-order valence-corrected chi connectivity index (χ4v) is 4.55. The largest absolute Gasteiger partial charge is 0.497 e. The molecule has 0 amide bonds. The maximum Gasteiger partial charge on any atom is 0.119 e. The molecule has 0 radical (unpaired) electrons. The molecule has 0 bridgehead atoms. The van der Waals surface area contributed by atoms with Crippen LogP contribution in [0.1, 0.15) is 42.1 Å². The molecule has 156 valence electrons. The van der Waals surface area contributed by atoms with Gasteiger partial charge in [0.15, 0.2) is 0 Å². The minimum atomic E-state index is -0.0260. The summed E-state index contributed by atoms with van der Waals surface area (Å²) < 4.78 is 11.9. The van der Waals surface area contributed by atoms with Crippen molar-refractivity contribution < 1.29 is 9.47 Å². The first kappa shape index (κ1) is 20.6. The van der Waals surface area contributed by atoms with Crippen LogP contribution >= 0.6 is 0 Å². The third kappa shape index (κ3) is 4.75. The van der Waals surface area contributed by atoms with Gasteiger partial charge in [0.25, 0.3) is 0 Å². The lowest BCUT2D eigenvalue weighted by Crippen LogP contribution is -2.29. The second-order valence-electron chi connectivity index (χ2n) is 8.11. The second-order valence-corrected chi connectivity index (χ2v) is 8.11. The van der Waals surface area contributed by atoms with Crippen molar-refractivity contribution >= 4 is 0 Å². The van der Waals surface area contributed by atoms with Gasteiger partial charge in [-0.25, -0.2) is 0 Å². The molecule has 1 aliphatic heterocycles. The topological polar surface area (TPSA) is 30.5 Å². The first-order valence-corrected chi connectivity index (χ1v) is 10.9. The second kappa shape index (κ2) is 9.92. The number of methoxy groups -OCH3 is 1. The van der Waals surface area contributed by atoms with E-state index in [1.54, 1.807) is 7.11 Å². The molecule has 3 heteroatoms. The van der Waals surface area contributed by atoms with E-state index in [1.165, 1.54) is 16.7 Å². The van der Waals surface area contributed by atoms with Crippen molar-refractivity contribution in [1.82, 2.24) is 5.32 Å². The average molecular weight is 402 g/mol. The van der Waals surface area contributed by atoms with Crippen molar-refractivity contribution in [3.63, 3.8) is 0 Å². The molecule has 1 N–H and O–H groups in total. The summed E-state index contributed by atoms with van der Waals surface area (Å²) in [5.41, 5.74) is 3.93. The predicted octanol–water partition coefficient (Wildman–Crippen LogP) is 5.51. The molecule has 1 saturated heterocycles. The van der Waals surface area contributed by atoms with E-state index in [-0.39, 0.29) is 11.5 Å². The van der Waals surface area contributed by atoms with E-state index in [0.717, 1.165) is 44.7 Å². The van der Waals surface area contributed by atoms with Gasteiger partial charge in [0.1, 0.15) is 11.9 Å². The molecule has 1 atom stereocenters.